The van der Waals surface area contributed by atoms with Crippen molar-refractivity contribution in [2.75, 3.05) is 6.61 Å². The third-order valence-electron chi connectivity index (χ3n) is 2.61. The molecule has 0 saturated carbocycles. The first-order valence-electron chi connectivity index (χ1n) is 6.14. The Morgan fingerprint density at radius 1 is 1.40 bits per heavy atom. The summed E-state index contributed by atoms with van der Waals surface area (Å²) in [7, 11) is 0. The van der Waals surface area contributed by atoms with Crippen molar-refractivity contribution < 1.29 is 9.53 Å². The van der Waals surface area contributed by atoms with Crippen LogP contribution in [0.15, 0.2) is 52.8 Å². The third kappa shape index (κ3) is 2.93. The molecule has 1 aromatic rings. The van der Waals surface area contributed by atoms with Gasteiger partial charge in [-0.15, -0.1) is 0 Å². The van der Waals surface area contributed by atoms with Gasteiger partial charge in [0.25, 0.3) is 0 Å². The number of benzene rings is 1. The van der Waals surface area contributed by atoms with Crippen LogP contribution in [0, 0.1) is 11.3 Å². The Bertz CT molecular complexity index is 637. The maximum absolute atomic E-state index is 11.7. The zero-order chi connectivity index (χ0) is 14.4. The molecule has 5 heteroatoms. The summed E-state index contributed by atoms with van der Waals surface area (Å²) in [5.41, 5.74) is 1.58. The molecule has 0 unspecified atom stereocenters. The number of hydrogen-bond donors (Lipinski definition) is 1. The van der Waals surface area contributed by atoms with Crippen LogP contribution in [-0.4, -0.2) is 18.8 Å². The molecule has 0 aromatic heterocycles. The van der Waals surface area contributed by atoms with Gasteiger partial charge in [-0.2, -0.15) is 5.26 Å². The zero-order valence-electron chi connectivity index (χ0n) is 11.0. The monoisotopic (exact) mass is 267 g/mol. The highest BCUT2D eigenvalue weighted by Crippen LogP contribution is 2.17. The van der Waals surface area contributed by atoms with Crippen LogP contribution in [0.2, 0.25) is 0 Å². The summed E-state index contributed by atoms with van der Waals surface area (Å²) in [6.45, 7) is 1.90. The number of esters is 1. The molecule has 100 valence electrons. The minimum Gasteiger partial charge on any atom is -0.462 e. The minimum absolute atomic E-state index is 0.135. The summed E-state index contributed by atoms with van der Waals surface area (Å²) in [6, 6.07) is 11.4. The molecule has 1 aliphatic rings. The summed E-state index contributed by atoms with van der Waals surface area (Å²) in [5, 5.41) is 12.1. The number of aliphatic imine (C=N–C) groups is 1. The highest BCUT2D eigenvalue weighted by atomic mass is 16.5. The van der Waals surface area contributed by atoms with Gasteiger partial charge in [0, 0.05) is 11.9 Å². The standard InChI is InChI=1S/C15H13N3O2/c1-2-20-15(19)12(10-16)14-17-9-8-13(18-14)11-6-4-3-5-7-11/h3-9,18H,2H2,1H3/b14-12-. The summed E-state index contributed by atoms with van der Waals surface area (Å²) < 4.78 is 4.84. The number of allylic oxidation sites excluding steroid dienone is 1. The second-order valence-corrected chi connectivity index (χ2v) is 3.91. The molecule has 20 heavy (non-hydrogen) atoms. The molecule has 0 aliphatic carbocycles. The van der Waals surface area contributed by atoms with Gasteiger partial charge in [-0.3, -0.25) is 0 Å². The Kier molecular flexibility index (Phi) is 4.30. The van der Waals surface area contributed by atoms with Crippen LogP contribution in [-0.2, 0) is 9.53 Å². The van der Waals surface area contributed by atoms with E-state index in [1.165, 1.54) is 0 Å². The van der Waals surface area contributed by atoms with Gasteiger partial charge >= 0.3 is 5.97 Å². The lowest BCUT2D eigenvalue weighted by atomic mass is 10.1. The molecule has 2 rings (SSSR count). The van der Waals surface area contributed by atoms with Gasteiger partial charge in [0.1, 0.15) is 6.07 Å². The van der Waals surface area contributed by atoms with E-state index in [0.29, 0.717) is 0 Å². The van der Waals surface area contributed by atoms with Crippen molar-refractivity contribution >= 4 is 17.9 Å². The summed E-state index contributed by atoms with van der Waals surface area (Å²) in [6.07, 6.45) is 3.32. The Labute approximate surface area is 116 Å². The van der Waals surface area contributed by atoms with Crippen LogP contribution in [0.25, 0.3) is 5.70 Å². The van der Waals surface area contributed by atoms with Gasteiger partial charge in [-0.05, 0) is 18.6 Å². The van der Waals surface area contributed by atoms with Crippen LogP contribution < -0.4 is 5.32 Å². The Balaban J connectivity index is 2.30. The number of nitrogens with zero attached hydrogens (tertiary/aromatic N) is 2. The maximum Gasteiger partial charge on any atom is 0.352 e. The largest absolute Gasteiger partial charge is 0.462 e. The molecule has 0 fully saturated rings. The lowest BCUT2D eigenvalue weighted by molar-refractivity contribution is -0.138. The van der Waals surface area contributed by atoms with E-state index in [0.717, 1.165) is 11.3 Å². The molecule has 1 aliphatic heterocycles. The molecule has 0 saturated heterocycles. The van der Waals surface area contributed by atoms with Crippen molar-refractivity contribution in [2.45, 2.75) is 6.92 Å². The molecule has 0 atom stereocenters. The Hall–Kier alpha value is -2.87. The first-order valence-corrected chi connectivity index (χ1v) is 6.14. The first-order chi connectivity index (χ1) is 9.76. The van der Waals surface area contributed by atoms with Gasteiger partial charge in [-0.1, -0.05) is 30.3 Å². The number of ether oxygens (including phenoxy) is 1. The minimum atomic E-state index is -0.677. The zero-order valence-corrected chi connectivity index (χ0v) is 11.0. The van der Waals surface area contributed by atoms with E-state index in [4.69, 9.17) is 10.00 Å². The van der Waals surface area contributed by atoms with Crippen LogP contribution in [0.4, 0.5) is 0 Å². The Morgan fingerprint density at radius 2 is 2.15 bits per heavy atom. The molecule has 0 radical (unpaired) electrons. The van der Waals surface area contributed by atoms with Crippen molar-refractivity contribution in [3.8, 4) is 6.07 Å². The topological polar surface area (TPSA) is 74.5 Å². The van der Waals surface area contributed by atoms with Gasteiger partial charge < -0.3 is 10.1 Å². The number of carbonyl (C=O) groups is 1. The summed E-state index contributed by atoms with van der Waals surface area (Å²) in [5.74, 6) is -0.476. The summed E-state index contributed by atoms with van der Waals surface area (Å²) >= 11 is 0. The van der Waals surface area contributed by atoms with Gasteiger partial charge in [-0.25, -0.2) is 9.79 Å². The predicted octanol–water partition coefficient (Wildman–Crippen LogP) is 2.00. The molecule has 0 bridgehead atoms. The molecule has 5 nitrogen and oxygen atoms in total. The van der Waals surface area contributed by atoms with Crippen LogP contribution in [0.1, 0.15) is 12.5 Å². The number of rotatable bonds is 3. The molecule has 0 amide bonds. The third-order valence-corrected chi connectivity index (χ3v) is 2.61. The van der Waals surface area contributed by atoms with Gasteiger partial charge in [0.05, 0.1) is 6.61 Å². The van der Waals surface area contributed by atoms with Crippen LogP contribution in [0.3, 0.4) is 0 Å². The van der Waals surface area contributed by atoms with E-state index >= 15 is 0 Å². The average molecular weight is 267 g/mol. The number of carbonyl (C=O) groups excluding carboxylic acids is 1. The number of nitrogens with one attached hydrogen (secondary N) is 1. The summed E-state index contributed by atoms with van der Waals surface area (Å²) in [4.78, 5) is 15.7. The van der Waals surface area contributed by atoms with E-state index in [9.17, 15) is 4.79 Å². The average Bonchev–Trinajstić information content (AvgIpc) is 2.49. The van der Waals surface area contributed by atoms with Gasteiger partial charge in [0.2, 0.25) is 0 Å². The highest BCUT2D eigenvalue weighted by molar-refractivity contribution is 5.96. The van der Waals surface area contributed by atoms with Crippen molar-refractivity contribution in [2.24, 2.45) is 4.99 Å². The molecule has 1 N–H and O–H groups in total. The van der Waals surface area contributed by atoms with E-state index in [2.05, 4.69) is 10.3 Å². The van der Waals surface area contributed by atoms with E-state index in [-0.39, 0.29) is 18.0 Å². The van der Waals surface area contributed by atoms with Crippen LogP contribution in [0.5, 0.6) is 0 Å². The smallest absolute Gasteiger partial charge is 0.352 e. The van der Waals surface area contributed by atoms with Crippen molar-refractivity contribution in [3.05, 3.63) is 53.4 Å². The highest BCUT2D eigenvalue weighted by Gasteiger charge is 2.18. The quantitative estimate of drug-likeness (QED) is 0.516. The van der Waals surface area contributed by atoms with Gasteiger partial charge in [0.15, 0.2) is 11.4 Å². The number of hydrogen-bond acceptors (Lipinski definition) is 5. The molecule has 1 heterocycles. The van der Waals surface area contributed by atoms with E-state index < -0.39 is 5.97 Å². The fourth-order valence-corrected chi connectivity index (χ4v) is 1.70. The molecular weight excluding hydrogens is 254 g/mol. The van der Waals surface area contributed by atoms with E-state index in [1.54, 1.807) is 19.2 Å². The first kappa shape index (κ1) is 13.6. The fourth-order valence-electron chi connectivity index (χ4n) is 1.70. The number of nitriles is 1. The molecular formula is C15H13N3O2. The SMILES string of the molecule is CCOC(=O)/C(C#N)=C1/N=CC=C(c2ccccc2)N1. The van der Waals surface area contributed by atoms with Crippen LogP contribution >= 0.6 is 0 Å². The second-order valence-electron chi connectivity index (χ2n) is 3.91. The lowest BCUT2D eigenvalue weighted by Gasteiger charge is -2.15. The normalized spacial score (nSPS) is 15.7. The lowest BCUT2D eigenvalue weighted by Crippen LogP contribution is -2.19. The molecule has 1 aromatic carbocycles. The van der Waals surface area contributed by atoms with Crippen molar-refractivity contribution in [3.63, 3.8) is 0 Å². The molecule has 0 spiro atoms. The fraction of sp³-hybridized carbons (Fsp3) is 0.133. The Morgan fingerprint density at radius 3 is 2.80 bits per heavy atom. The van der Waals surface area contributed by atoms with Crippen molar-refractivity contribution in [1.29, 1.82) is 5.26 Å². The second kappa shape index (κ2) is 6.34. The van der Waals surface area contributed by atoms with Crippen molar-refractivity contribution in [1.82, 2.24) is 5.32 Å². The maximum atomic E-state index is 11.7. The predicted molar refractivity (Wildman–Crippen MR) is 75.3 cm³/mol. The van der Waals surface area contributed by atoms with E-state index in [1.807, 2.05) is 36.4 Å².